The van der Waals surface area contributed by atoms with Gasteiger partial charge in [0.1, 0.15) is 17.1 Å². The van der Waals surface area contributed by atoms with Gasteiger partial charge in [-0.2, -0.15) is 22.0 Å². The standard InChI is InChI=1S/C27H32F6O3/c1-3-4-5-19-10-12-21(13-11-19)36-26(29,30)17-35-23-15-14-22(24(25(23)28)27(31,32)33)34-16-20-8-6-18(2)7-9-20/h10-15,18,20H,3-9,16-17H2,1-2H3. The molecule has 9 heteroatoms. The summed E-state index contributed by atoms with van der Waals surface area (Å²) >= 11 is 0. The van der Waals surface area contributed by atoms with E-state index in [1.807, 2.05) is 6.92 Å². The minimum absolute atomic E-state index is 0.0264. The Morgan fingerprint density at radius 3 is 2.11 bits per heavy atom. The highest BCUT2D eigenvalue weighted by Gasteiger charge is 2.41. The maximum absolute atomic E-state index is 14.8. The minimum atomic E-state index is -5.10. The molecule has 36 heavy (non-hydrogen) atoms. The molecule has 0 heterocycles. The lowest BCUT2D eigenvalue weighted by Gasteiger charge is -2.26. The lowest BCUT2D eigenvalue weighted by atomic mass is 9.83. The number of hydrogen-bond donors (Lipinski definition) is 0. The Hall–Kier alpha value is -2.58. The van der Waals surface area contributed by atoms with Crippen molar-refractivity contribution >= 4 is 0 Å². The zero-order valence-corrected chi connectivity index (χ0v) is 20.5. The molecule has 3 rings (SSSR count). The van der Waals surface area contributed by atoms with Crippen molar-refractivity contribution < 1.29 is 40.6 Å². The summed E-state index contributed by atoms with van der Waals surface area (Å²) in [7, 11) is 0. The Balaban J connectivity index is 1.65. The van der Waals surface area contributed by atoms with Crippen LogP contribution in [0.25, 0.3) is 0 Å². The van der Waals surface area contributed by atoms with E-state index in [0.717, 1.165) is 62.6 Å². The fraction of sp³-hybridized carbons (Fsp3) is 0.556. The van der Waals surface area contributed by atoms with E-state index in [2.05, 4.69) is 11.7 Å². The summed E-state index contributed by atoms with van der Waals surface area (Å²) in [6.07, 6.45) is -2.68. The van der Waals surface area contributed by atoms with Gasteiger partial charge >= 0.3 is 12.3 Å². The molecule has 0 unspecified atom stereocenters. The number of aryl methyl sites for hydroxylation is 1. The van der Waals surface area contributed by atoms with E-state index >= 15 is 0 Å². The predicted octanol–water partition coefficient (Wildman–Crippen LogP) is 8.44. The van der Waals surface area contributed by atoms with Crippen LogP contribution >= 0.6 is 0 Å². The third-order valence-electron chi connectivity index (χ3n) is 6.37. The van der Waals surface area contributed by atoms with Crippen LogP contribution in [0, 0.1) is 17.7 Å². The molecule has 3 nitrogen and oxygen atoms in total. The summed E-state index contributed by atoms with van der Waals surface area (Å²) < 4.78 is 99.0. The molecule has 1 aliphatic rings. The van der Waals surface area contributed by atoms with Crippen molar-refractivity contribution in [1.29, 1.82) is 0 Å². The van der Waals surface area contributed by atoms with Crippen molar-refractivity contribution in [3.05, 3.63) is 53.3 Å². The van der Waals surface area contributed by atoms with Crippen LogP contribution in [0.15, 0.2) is 36.4 Å². The molecular formula is C27H32F6O3. The Bertz CT molecular complexity index is 967. The van der Waals surface area contributed by atoms with Gasteiger partial charge < -0.3 is 14.2 Å². The van der Waals surface area contributed by atoms with Crippen molar-refractivity contribution in [3.63, 3.8) is 0 Å². The average Bonchev–Trinajstić information content (AvgIpc) is 2.81. The van der Waals surface area contributed by atoms with Crippen LogP contribution in [-0.2, 0) is 12.6 Å². The van der Waals surface area contributed by atoms with E-state index < -0.39 is 41.8 Å². The molecule has 1 saturated carbocycles. The first kappa shape index (κ1) is 28.0. The molecule has 0 amide bonds. The lowest BCUT2D eigenvalue weighted by molar-refractivity contribution is -0.195. The first-order chi connectivity index (χ1) is 17.0. The van der Waals surface area contributed by atoms with Gasteiger partial charge in [0.15, 0.2) is 18.2 Å². The van der Waals surface area contributed by atoms with Gasteiger partial charge in [-0.1, -0.05) is 45.2 Å². The van der Waals surface area contributed by atoms with Gasteiger partial charge in [-0.3, -0.25) is 0 Å². The van der Waals surface area contributed by atoms with Crippen LogP contribution in [0.1, 0.15) is 63.5 Å². The summed E-state index contributed by atoms with van der Waals surface area (Å²) in [5, 5.41) is 0. The van der Waals surface area contributed by atoms with E-state index in [1.165, 1.54) is 12.1 Å². The average molecular weight is 519 g/mol. The normalized spacial score (nSPS) is 18.7. The zero-order valence-electron chi connectivity index (χ0n) is 20.5. The molecule has 2 aromatic rings. The van der Waals surface area contributed by atoms with Crippen LogP contribution in [-0.4, -0.2) is 19.3 Å². The van der Waals surface area contributed by atoms with Gasteiger partial charge in [-0.25, -0.2) is 4.39 Å². The number of hydrogen-bond acceptors (Lipinski definition) is 3. The van der Waals surface area contributed by atoms with Crippen molar-refractivity contribution in [2.45, 2.75) is 71.1 Å². The molecule has 0 N–H and O–H groups in total. The molecule has 0 spiro atoms. The predicted molar refractivity (Wildman–Crippen MR) is 124 cm³/mol. The van der Waals surface area contributed by atoms with Crippen molar-refractivity contribution in [2.24, 2.45) is 11.8 Å². The zero-order chi connectivity index (χ0) is 26.3. The molecule has 0 saturated heterocycles. The third-order valence-corrected chi connectivity index (χ3v) is 6.37. The highest BCUT2D eigenvalue weighted by Crippen LogP contribution is 2.42. The Kier molecular flexibility index (Phi) is 9.41. The van der Waals surface area contributed by atoms with E-state index in [4.69, 9.17) is 9.47 Å². The fourth-order valence-electron chi connectivity index (χ4n) is 4.21. The van der Waals surface area contributed by atoms with Gasteiger partial charge in [0.2, 0.25) is 0 Å². The van der Waals surface area contributed by atoms with E-state index in [-0.39, 0.29) is 18.3 Å². The molecular weight excluding hydrogens is 486 g/mol. The monoisotopic (exact) mass is 518 g/mol. The number of unbranched alkanes of at least 4 members (excludes halogenated alkanes) is 1. The molecule has 1 aliphatic carbocycles. The second-order valence-electron chi connectivity index (χ2n) is 9.46. The van der Waals surface area contributed by atoms with Crippen LogP contribution in [0.4, 0.5) is 26.3 Å². The van der Waals surface area contributed by atoms with Crippen LogP contribution in [0.5, 0.6) is 17.2 Å². The largest absolute Gasteiger partial charge is 0.493 e. The Morgan fingerprint density at radius 2 is 1.50 bits per heavy atom. The highest BCUT2D eigenvalue weighted by molar-refractivity contribution is 5.44. The molecule has 0 bridgehead atoms. The number of halogens is 6. The number of alkyl halides is 5. The van der Waals surface area contributed by atoms with Crippen LogP contribution < -0.4 is 14.2 Å². The van der Waals surface area contributed by atoms with Crippen molar-refractivity contribution in [1.82, 2.24) is 0 Å². The summed E-state index contributed by atoms with van der Waals surface area (Å²) in [4.78, 5) is 0. The molecule has 1 fully saturated rings. The summed E-state index contributed by atoms with van der Waals surface area (Å²) in [5.41, 5.74) is -0.707. The first-order valence-corrected chi connectivity index (χ1v) is 12.3. The van der Waals surface area contributed by atoms with Crippen molar-refractivity contribution in [2.75, 3.05) is 13.2 Å². The Morgan fingerprint density at radius 1 is 0.861 bits per heavy atom. The quantitative estimate of drug-likeness (QED) is 0.279. The summed E-state index contributed by atoms with van der Waals surface area (Å²) in [6.45, 7) is 2.71. The highest BCUT2D eigenvalue weighted by atomic mass is 19.4. The second-order valence-corrected chi connectivity index (χ2v) is 9.46. The van der Waals surface area contributed by atoms with Crippen LogP contribution in [0.2, 0.25) is 0 Å². The first-order valence-electron chi connectivity index (χ1n) is 12.3. The summed E-state index contributed by atoms with van der Waals surface area (Å²) in [5.74, 6) is -2.93. The third kappa shape index (κ3) is 7.96. The van der Waals surface area contributed by atoms with Gasteiger partial charge in [0, 0.05) is 0 Å². The topological polar surface area (TPSA) is 27.7 Å². The van der Waals surface area contributed by atoms with Gasteiger partial charge in [-0.15, -0.1) is 0 Å². The number of ether oxygens (including phenoxy) is 3. The van der Waals surface area contributed by atoms with E-state index in [9.17, 15) is 26.3 Å². The molecule has 0 aliphatic heterocycles. The number of benzene rings is 2. The maximum Gasteiger partial charge on any atom is 0.432 e. The second kappa shape index (κ2) is 12.1. The van der Waals surface area contributed by atoms with Gasteiger partial charge in [-0.05, 0) is 67.3 Å². The number of rotatable bonds is 11. The van der Waals surface area contributed by atoms with Crippen LogP contribution in [0.3, 0.4) is 0 Å². The van der Waals surface area contributed by atoms with E-state index in [0.29, 0.717) is 5.92 Å². The lowest BCUT2D eigenvalue weighted by Crippen LogP contribution is -2.32. The molecule has 0 atom stereocenters. The molecule has 200 valence electrons. The fourth-order valence-corrected chi connectivity index (χ4v) is 4.21. The van der Waals surface area contributed by atoms with E-state index in [1.54, 1.807) is 12.1 Å². The van der Waals surface area contributed by atoms with Crippen molar-refractivity contribution in [3.8, 4) is 17.2 Å². The van der Waals surface area contributed by atoms with Gasteiger partial charge in [0.05, 0.1) is 6.61 Å². The molecule has 2 aromatic carbocycles. The van der Waals surface area contributed by atoms with Gasteiger partial charge in [0.25, 0.3) is 0 Å². The SMILES string of the molecule is CCCCc1ccc(OC(F)(F)COc2ccc(OCC3CCC(C)CC3)c(C(F)(F)F)c2F)cc1. The summed E-state index contributed by atoms with van der Waals surface area (Å²) in [6, 6.07) is 7.83. The molecule has 0 aromatic heterocycles. The minimum Gasteiger partial charge on any atom is -0.493 e. The maximum atomic E-state index is 14.8. The Labute approximate surface area is 207 Å². The molecule has 0 radical (unpaired) electrons. The smallest absolute Gasteiger partial charge is 0.432 e.